The van der Waals surface area contributed by atoms with Gasteiger partial charge in [0, 0.05) is 6.54 Å². The molecule has 0 saturated carbocycles. The van der Waals surface area contributed by atoms with Crippen molar-refractivity contribution in [2.75, 3.05) is 5.73 Å². The fourth-order valence-electron chi connectivity index (χ4n) is 1.98. The Labute approximate surface area is 130 Å². The fraction of sp³-hybridized carbons (Fsp3) is 0.200. The number of benzene rings is 2. The van der Waals surface area contributed by atoms with Crippen molar-refractivity contribution in [3.05, 3.63) is 58.1 Å². The van der Waals surface area contributed by atoms with Crippen LogP contribution in [0.3, 0.4) is 0 Å². The molecule has 112 valence electrons. The van der Waals surface area contributed by atoms with Crippen LogP contribution in [-0.4, -0.2) is 8.42 Å². The number of nitrogens with two attached hydrogens (primary N) is 1. The average Bonchev–Trinajstić information content (AvgIpc) is 2.43. The van der Waals surface area contributed by atoms with E-state index in [9.17, 15) is 8.42 Å². The zero-order valence-electron chi connectivity index (χ0n) is 11.9. The molecule has 0 heterocycles. The Morgan fingerprint density at radius 1 is 1.14 bits per heavy atom. The molecule has 0 radical (unpaired) electrons. The third kappa shape index (κ3) is 3.56. The lowest BCUT2D eigenvalue weighted by Crippen LogP contribution is -2.24. The highest BCUT2D eigenvalue weighted by atomic mass is 35.5. The number of hydrogen-bond donors (Lipinski definition) is 2. The van der Waals surface area contributed by atoms with Crippen LogP contribution in [0.2, 0.25) is 5.02 Å². The van der Waals surface area contributed by atoms with Crippen LogP contribution >= 0.6 is 11.6 Å². The maximum atomic E-state index is 12.3. The maximum Gasteiger partial charge on any atom is 0.240 e. The molecule has 0 aliphatic rings. The van der Waals surface area contributed by atoms with Crippen LogP contribution in [0.1, 0.15) is 16.7 Å². The molecule has 0 aliphatic heterocycles. The van der Waals surface area contributed by atoms with Crippen molar-refractivity contribution in [2.45, 2.75) is 25.3 Å². The van der Waals surface area contributed by atoms with Crippen LogP contribution in [0.5, 0.6) is 0 Å². The Kier molecular flexibility index (Phi) is 4.56. The Bertz CT molecular complexity index is 750. The van der Waals surface area contributed by atoms with E-state index in [1.165, 1.54) is 12.1 Å². The van der Waals surface area contributed by atoms with Gasteiger partial charge >= 0.3 is 0 Å². The Morgan fingerprint density at radius 3 is 2.43 bits per heavy atom. The fourth-order valence-corrected chi connectivity index (χ4v) is 3.22. The van der Waals surface area contributed by atoms with Crippen LogP contribution in [0.4, 0.5) is 5.69 Å². The molecule has 3 N–H and O–H groups in total. The molecular weight excluding hydrogens is 308 g/mol. The van der Waals surface area contributed by atoms with Gasteiger partial charge in [-0.25, -0.2) is 13.1 Å². The number of nitrogen functional groups attached to an aromatic ring is 1. The van der Waals surface area contributed by atoms with E-state index < -0.39 is 10.0 Å². The standard InChI is InChI=1S/C15H17ClN2O2S/c1-10-5-3-4-6-12(10)9-18-21(19,20)13-7-11(2)15(16)14(17)8-13/h3-8,18H,9,17H2,1-2H3. The molecule has 2 aromatic rings. The summed E-state index contributed by atoms with van der Waals surface area (Å²) in [6.45, 7) is 3.89. The summed E-state index contributed by atoms with van der Waals surface area (Å²) in [5.41, 5.74) is 8.58. The molecule has 6 heteroatoms. The van der Waals surface area contributed by atoms with Crippen molar-refractivity contribution >= 4 is 27.3 Å². The lowest BCUT2D eigenvalue weighted by atomic mass is 10.1. The van der Waals surface area contributed by atoms with Gasteiger partial charge in [-0.05, 0) is 42.7 Å². The minimum absolute atomic E-state index is 0.121. The summed E-state index contributed by atoms with van der Waals surface area (Å²) in [5.74, 6) is 0. The second kappa shape index (κ2) is 6.05. The average molecular weight is 325 g/mol. The largest absolute Gasteiger partial charge is 0.397 e. The van der Waals surface area contributed by atoms with Gasteiger partial charge in [-0.3, -0.25) is 0 Å². The molecule has 0 unspecified atom stereocenters. The monoisotopic (exact) mass is 324 g/mol. The van der Waals surface area contributed by atoms with Gasteiger partial charge in [-0.1, -0.05) is 35.9 Å². The van der Waals surface area contributed by atoms with E-state index in [-0.39, 0.29) is 17.1 Å². The highest BCUT2D eigenvalue weighted by molar-refractivity contribution is 7.89. The van der Waals surface area contributed by atoms with Gasteiger partial charge in [0.1, 0.15) is 0 Å². The SMILES string of the molecule is Cc1ccccc1CNS(=O)(=O)c1cc(C)c(Cl)c(N)c1. The first-order chi connectivity index (χ1) is 9.81. The van der Waals surface area contributed by atoms with E-state index >= 15 is 0 Å². The number of rotatable bonds is 4. The second-order valence-corrected chi connectivity index (χ2v) is 7.04. The summed E-state index contributed by atoms with van der Waals surface area (Å²) in [4.78, 5) is 0.121. The molecule has 0 spiro atoms. The van der Waals surface area contributed by atoms with Crippen molar-refractivity contribution in [2.24, 2.45) is 0 Å². The molecule has 0 bridgehead atoms. The number of aryl methyl sites for hydroxylation is 2. The van der Waals surface area contributed by atoms with Crippen LogP contribution in [0.25, 0.3) is 0 Å². The molecule has 0 aliphatic carbocycles. The van der Waals surface area contributed by atoms with E-state index in [4.69, 9.17) is 17.3 Å². The molecule has 0 aromatic heterocycles. The van der Waals surface area contributed by atoms with Crippen molar-refractivity contribution in [3.63, 3.8) is 0 Å². The topological polar surface area (TPSA) is 72.2 Å². The number of halogens is 1. The van der Waals surface area contributed by atoms with E-state index in [1.54, 1.807) is 6.92 Å². The number of nitrogens with one attached hydrogen (secondary N) is 1. The van der Waals surface area contributed by atoms with Crippen molar-refractivity contribution in [3.8, 4) is 0 Å². The van der Waals surface area contributed by atoms with Gasteiger partial charge in [-0.2, -0.15) is 0 Å². The highest BCUT2D eigenvalue weighted by Crippen LogP contribution is 2.26. The number of sulfonamides is 1. The Hall–Kier alpha value is -1.56. The number of anilines is 1. The predicted octanol–water partition coefficient (Wildman–Crippen LogP) is 3.02. The molecule has 2 rings (SSSR count). The van der Waals surface area contributed by atoms with E-state index in [0.717, 1.165) is 11.1 Å². The smallest absolute Gasteiger partial charge is 0.240 e. The normalized spacial score (nSPS) is 11.6. The number of hydrogen-bond acceptors (Lipinski definition) is 3. The van der Waals surface area contributed by atoms with Crippen LogP contribution in [0.15, 0.2) is 41.3 Å². The molecule has 2 aromatic carbocycles. The first-order valence-electron chi connectivity index (χ1n) is 6.41. The van der Waals surface area contributed by atoms with Crippen LogP contribution in [-0.2, 0) is 16.6 Å². The predicted molar refractivity (Wildman–Crippen MR) is 85.8 cm³/mol. The molecule has 0 atom stereocenters. The molecule has 4 nitrogen and oxygen atoms in total. The summed E-state index contributed by atoms with van der Waals surface area (Å²) in [7, 11) is -3.63. The van der Waals surface area contributed by atoms with Crippen LogP contribution < -0.4 is 10.5 Å². The zero-order valence-corrected chi connectivity index (χ0v) is 13.4. The molecule has 21 heavy (non-hydrogen) atoms. The zero-order chi connectivity index (χ0) is 15.6. The Balaban J connectivity index is 2.25. The van der Waals surface area contributed by atoms with Crippen molar-refractivity contribution in [1.82, 2.24) is 4.72 Å². The first kappa shape index (κ1) is 15.8. The minimum Gasteiger partial charge on any atom is -0.397 e. The van der Waals surface area contributed by atoms with Crippen molar-refractivity contribution in [1.29, 1.82) is 0 Å². The third-order valence-electron chi connectivity index (χ3n) is 3.28. The van der Waals surface area contributed by atoms with Gasteiger partial charge in [0.15, 0.2) is 0 Å². The summed E-state index contributed by atoms with van der Waals surface area (Å²) in [6.07, 6.45) is 0. The van der Waals surface area contributed by atoms with Gasteiger partial charge in [0.2, 0.25) is 10.0 Å². The lowest BCUT2D eigenvalue weighted by molar-refractivity contribution is 0.581. The van der Waals surface area contributed by atoms with Crippen LogP contribution in [0, 0.1) is 13.8 Å². The van der Waals surface area contributed by atoms with Gasteiger partial charge in [0.05, 0.1) is 15.6 Å². The maximum absolute atomic E-state index is 12.3. The van der Waals surface area contributed by atoms with E-state index in [1.807, 2.05) is 31.2 Å². The second-order valence-electron chi connectivity index (χ2n) is 4.89. The lowest BCUT2D eigenvalue weighted by Gasteiger charge is -2.11. The summed E-state index contributed by atoms with van der Waals surface area (Å²) >= 11 is 5.95. The van der Waals surface area contributed by atoms with E-state index in [0.29, 0.717) is 10.6 Å². The quantitative estimate of drug-likeness (QED) is 0.849. The molecule has 0 fully saturated rings. The van der Waals surface area contributed by atoms with Gasteiger partial charge in [0.25, 0.3) is 0 Å². The molecule has 0 saturated heterocycles. The van der Waals surface area contributed by atoms with Crippen molar-refractivity contribution < 1.29 is 8.42 Å². The highest BCUT2D eigenvalue weighted by Gasteiger charge is 2.16. The first-order valence-corrected chi connectivity index (χ1v) is 8.27. The Morgan fingerprint density at radius 2 is 1.81 bits per heavy atom. The minimum atomic E-state index is -3.63. The van der Waals surface area contributed by atoms with Gasteiger partial charge in [-0.15, -0.1) is 0 Å². The third-order valence-corrected chi connectivity index (χ3v) is 5.18. The van der Waals surface area contributed by atoms with E-state index in [2.05, 4.69) is 4.72 Å². The molecule has 0 amide bonds. The summed E-state index contributed by atoms with van der Waals surface area (Å²) < 4.78 is 27.2. The van der Waals surface area contributed by atoms with Gasteiger partial charge < -0.3 is 5.73 Å². The summed E-state index contributed by atoms with van der Waals surface area (Å²) in [6, 6.07) is 10.5. The molecular formula is C15H17ClN2O2S. The summed E-state index contributed by atoms with van der Waals surface area (Å²) in [5, 5.41) is 0.382.